The second-order valence-corrected chi connectivity index (χ2v) is 5.80. The lowest BCUT2D eigenvalue weighted by Crippen LogP contribution is -2.01. The van der Waals surface area contributed by atoms with E-state index in [-0.39, 0.29) is 5.78 Å². The van der Waals surface area contributed by atoms with Crippen LogP contribution in [0.5, 0.6) is 11.5 Å². The molecule has 0 bridgehead atoms. The first-order valence-corrected chi connectivity index (χ1v) is 7.87. The number of methoxy groups -OCH3 is 2. The van der Waals surface area contributed by atoms with Crippen molar-refractivity contribution in [3.8, 4) is 11.5 Å². The third-order valence-electron chi connectivity index (χ3n) is 3.38. The monoisotopic (exact) mass is 365 g/mol. The zero-order valence-corrected chi connectivity index (χ0v) is 15.0. The molecule has 1 N–H and O–H groups in total. The molecule has 24 heavy (non-hydrogen) atoms. The minimum absolute atomic E-state index is 0.0974. The van der Waals surface area contributed by atoms with Crippen LogP contribution in [-0.2, 0) is 4.79 Å². The Morgan fingerprint density at radius 3 is 2.33 bits per heavy atom. The highest BCUT2D eigenvalue weighted by Gasteiger charge is 2.12. The summed E-state index contributed by atoms with van der Waals surface area (Å²) in [5.74, 6) is 1.05. The number of carbonyl (C=O) groups excluding carboxylic acids is 1. The van der Waals surface area contributed by atoms with E-state index >= 15 is 0 Å². The van der Waals surface area contributed by atoms with Crippen LogP contribution in [0.4, 0.5) is 5.69 Å². The lowest BCUT2D eigenvalue weighted by molar-refractivity contribution is -0.111. The molecule has 0 radical (unpaired) electrons. The molecule has 2 rings (SSSR count). The molecule has 0 atom stereocenters. The van der Waals surface area contributed by atoms with Crippen LogP contribution in [0.25, 0.3) is 5.57 Å². The SMILES string of the molecule is COc1ccc(/C(=C\Nc2ccc(Cl)cc2Cl)C(C)=O)cc1OC. The molecule has 0 aliphatic carbocycles. The largest absolute Gasteiger partial charge is 0.493 e. The number of Topliss-reactive ketones (excluding diaryl/α,β-unsaturated/α-hetero) is 1. The Labute approximate surface area is 151 Å². The molecule has 126 valence electrons. The van der Waals surface area contributed by atoms with Gasteiger partial charge >= 0.3 is 0 Å². The average Bonchev–Trinajstić information content (AvgIpc) is 2.56. The number of rotatable bonds is 6. The average molecular weight is 366 g/mol. The summed E-state index contributed by atoms with van der Waals surface area (Å²) in [4.78, 5) is 12.0. The summed E-state index contributed by atoms with van der Waals surface area (Å²) in [7, 11) is 3.11. The van der Waals surface area contributed by atoms with E-state index in [2.05, 4.69) is 5.32 Å². The molecule has 0 spiro atoms. The van der Waals surface area contributed by atoms with E-state index in [9.17, 15) is 4.79 Å². The van der Waals surface area contributed by atoms with Crippen LogP contribution in [0, 0.1) is 0 Å². The third-order valence-corrected chi connectivity index (χ3v) is 3.92. The molecule has 0 saturated heterocycles. The number of benzene rings is 2. The Kier molecular flexibility index (Phi) is 6.12. The predicted octanol–water partition coefficient (Wildman–Crippen LogP) is 5.05. The van der Waals surface area contributed by atoms with Gasteiger partial charge in [-0.3, -0.25) is 4.79 Å². The molecule has 0 aliphatic heterocycles. The highest BCUT2D eigenvalue weighted by atomic mass is 35.5. The Bertz CT molecular complexity index is 788. The Morgan fingerprint density at radius 1 is 1.04 bits per heavy atom. The molecule has 0 aromatic heterocycles. The maximum Gasteiger partial charge on any atom is 0.161 e. The molecular formula is C18H17Cl2NO3. The van der Waals surface area contributed by atoms with Crippen molar-refractivity contribution in [1.82, 2.24) is 0 Å². The van der Waals surface area contributed by atoms with Gasteiger partial charge in [-0.2, -0.15) is 0 Å². The Balaban J connectivity index is 2.37. The quantitative estimate of drug-likeness (QED) is 0.727. The summed E-state index contributed by atoms with van der Waals surface area (Å²) in [6.45, 7) is 1.49. The van der Waals surface area contributed by atoms with E-state index in [0.29, 0.717) is 38.4 Å². The van der Waals surface area contributed by atoms with Crippen molar-refractivity contribution in [2.24, 2.45) is 0 Å². The molecule has 0 saturated carbocycles. The predicted molar refractivity (Wildman–Crippen MR) is 98.3 cm³/mol. The van der Waals surface area contributed by atoms with Crippen LogP contribution in [-0.4, -0.2) is 20.0 Å². The molecule has 0 amide bonds. The first-order valence-electron chi connectivity index (χ1n) is 7.11. The van der Waals surface area contributed by atoms with Gasteiger partial charge in [0.05, 0.1) is 24.9 Å². The normalized spacial score (nSPS) is 11.1. The highest BCUT2D eigenvalue weighted by molar-refractivity contribution is 6.36. The van der Waals surface area contributed by atoms with Gasteiger partial charge in [0.15, 0.2) is 17.3 Å². The maximum atomic E-state index is 12.0. The Hall–Kier alpha value is -2.17. The molecule has 4 nitrogen and oxygen atoms in total. The molecule has 2 aromatic carbocycles. The summed E-state index contributed by atoms with van der Waals surface area (Å²) >= 11 is 12.0. The third kappa shape index (κ3) is 4.22. The molecular weight excluding hydrogens is 349 g/mol. The van der Waals surface area contributed by atoms with Crippen molar-refractivity contribution < 1.29 is 14.3 Å². The van der Waals surface area contributed by atoms with Crippen molar-refractivity contribution in [3.63, 3.8) is 0 Å². The van der Waals surface area contributed by atoms with Gasteiger partial charge < -0.3 is 14.8 Å². The minimum Gasteiger partial charge on any atom is -0.493 e. The van der Waals surface area contributed by atoms with Crippen LogP contribution in [0.3, 0.4) is 0 Å². The maximum absolute atomic E-state index is 12.0. The molecule has 0 heterocycles. The first-order chi connectivity index (χ1) is 11.5. The number of halogens is 2. The highest BCUT2D eigenvalue weighted by Crippen LogP contribution is 2.31. The van der Waals surface area contributed by atoms with Gasteiger partial charge in [0.2, 0.25) is 0 Å². The smallest absolute Gasteiger partial charge is 0.161 e. The van der Waals surface area contributed by atoms with E-state index in [1.807, 2.05) is 0 Å². The first kappa shape index (κ1) is 18.2. The van der Waals surface area contributed by atoms with E-state index in [1.54, 1.807) is 56.8 Å². The molecule has 0 aliphatic rings. The van der Waals surface area contributed by atoms with Crippen molar-refractivity contribution in [1.29, 1.82) is 0 Å². The number of anilines is 1. The topological polar surface area (TPSA) is 47.6 Å². The second kappa shape index (κ2) is 8.08. The minimum atomic E-state index is -0.0974. The number of ketones is 1. The van der Waals surface area contributed by atoms with Crippen molar-refractivity contribution in [2.75, 3.05) is 19.5 Å². The van der Waals surface area contributed by atoms with Crippen molar-refractivity contribution >= 4 is 40.2 Å². The Morgan fingerprint density at radius 2 is 1.75 bits per heavy atom. The van der Waals surface area contributed by atoms with Crippen LogP contribution in [0.15, 0.2) is 42.6 Å². The van der Waals surface area contributed by atoms with Gasteiger partial charge in [0.25, 0.3) is 0 Å². The van der Waals surface area contributed by atoms with Gasteiger partial charge in [-0.25, -0.2) is 0 Å². The molecule has 2 aromatic rings. The number of hydrogen-bond acceptors (Lipinski definition) is 4. The van der Waals surface area contributed by atoms with Gasteiger partial charge in [-0.1, -0.05) is 29.3 Å². The fourth-order valence-electron chi connectivity index (χ4n) is 2.15. The van der Waals surface area contributed by atoms with E-state index in [0.717, 1.165) is 0 Å². The van der Waals surface area contributed by atoms with Crippen LogP contribution >= 0.6 is 23.2 Å². The van der Waals surface area contributed by atoms with Crippen LogP contribution in [0.1, 0.15) is 12.5 Å². The van der Waals surface area contributed by atoms with E-state index < -0.39 is 0 Å². The number of nitrogens with one attached hydrogen (secondary N) is 1. The number of hydrogen-bond donors (Lipinski definition) is 1. The fourth-order valence-corrected chi connectivity index (χ4v) is 2.61. The van der Waals surface area contributed by atoms with Gasteiger partial charge in [0.1, 0.15) is 0 Å². The molecule has 6 heteroatoms. The number of ether oxygens (including phenoxy) is 2. The lowest BCUT2D eigenvalue weighted by Gasteiger charge is -2.11. The summed E-state index contributed by atoms with van der Waals surface area (Å²) in [5.41, 5.74) is 1.85. The molecule has 0 fully saturated rings. The zero-order valence-electron chi connectivity index (χ0n) is 13.5. The van der Waals surface area contributed by atoms with E-state index in [1.165, 1.54) is 6.92 Å². The van der Waals surface area contributed by atoms with Gasteiger partial charge in [-0.15, -0.1) is 0 Å². The zero-order chi connectivity index (χ0) is 17.7. The van der Waals surface area contributed by atoms with Crippen molar-refractivity contribution in [2.45, 2.75) is 6.92 Å². The van der Waals surface area contributed by atoms with Crippen LogP contribution < -0.4 is 14.8 Å². The van der Waals surface area contributed by atoms with Crippen molar-refractivity contribution in [3.05, 3.63) is 58.2 Å². The van der Waals surface area contributed by atoms with E-state index in [4.69, 9.17) is 32.7 Å². The summed E-state index contributed by atoms with van der Waals surface area (Å²) in [6, 6.07) is 10.4. The van der Waals surface area contributed by atoms with Gasteiger partial charge in [-0.05, 0) is 42.8 Å². The molecule has 0 unspecified atom stereocenters. The fraction of sp³-hybridized carbons (Fsp3) is 0.167. The number of carbonyl (C=O) groups is 1. The summed E-state index contributed by atoms with van der Waals surface area (Å²) in [6.07, 6.45) is 1.61. The summed E-state index contributed by atoms with van der Waals surface area (Å²) in [5, 5.41) is 4.05. The standard InChI is InChI=1S/C18H17Cl2NO3/c1-11(22)14(10-21-16-6-5-13(19)9-15(16)20)12-4-7-17(23-2)18(8-12)24-3/h4-10,21H,1-3H3/b14-10-. The van der Waals surface area contributed by atoms with Gasteiger partial charge in [0, 0.05) is 16.8 Å². The second-order valence-electron chi connectivity index (χ2n) is 4.95. The van der Waals surface area contributed by atoms with Crippen LogP contribution in [0.2, 0.25) is 10.0 Å². The number of allylic oxidation sites excluding steroid dienone is 1. The summed E-state index contributed by atoms with van der Waals surface area (Å²) < 4.78 is 10.5. The lowest BCUT2D eigenvalue weighted by atomic mass is 10.0.